The maximum absolute atomic E-state index is 11.3. The molecule has 2 N–H and O–H groups in total. The van der Waals surface area contributed by atoms with Gasteiger partial charge in [0, 0.05) is 17.3 Å². The molecule has 2 atom stereocenters. The number of nitrogens with zero attached hydrogens (tertiary/aromatic N) is 2. The third-order valence-corrected chi connectivity index (χ3v) is 4.53. The normalized spacial score (nSPS) is 25.8. The fraction of sp³-hybridized carbons (Fsp3) is 0.667. The molecule has 5 nitrogen and oxygen atoms in total. The van der Waals surface area contributed by atoms with E-state index in [1.165, 1.54) is 24.8 Å². The van der Waals surface area contributed by atoms with Gasteiger partial charge in [-0.3, -0.25) is 4.79 Å². The number of carboxylic acids is 1. The van der Waals surface area contributed by atoms with Gasteiger partial charge in [-0.1, -0.05) is 12.8 Å². The van der Waals surface area contributed by atoms with Crippen LogP contribution in [-0.4, -0.2) is 27.1 Å². The largest absolute Gasteiger partial charge is 0.481 e. The van der Waals surface area contributed by atoms with Gasteiger partial charge in [0.05, 0.1) is 5.92 Å². The molecule has 0 bridgehead atoms. The number of anilines is 1. The predicted octanol–water partition coefficient (Wildman–Crippen LogP) is 2.41. The summed E-state index contributed by atoms with van der Waals surface area (Å²) in [5, 5.41) is 12.7. The van der Waals surface area contributed by atoms with Crippen LogP contribution in [0.5, 0.6) is 0 Å². The first kappa shape index (κ1) is 13.3. The second-order valence-corrected chi connectivity index (χ2v) is 5.83. The van der Waals surface area contributed by atoms with Gasteiger partial charge in [-0.15, -0.1) is 0 Å². The Labute approximate surface area is 118 Å². The first-order valence-corrected chi connectivity index (χ1v) is 7.58. The summed E-state index contributed by atoms with van der Waals surface area (Å²) >= 11 is 0. The molecule has 1 heterocycles. The van der Waals surface area contributed by atoms with E-state index in [0.717, 1.165) is 43.6 Å². The van der Waals surface area contributed by atoms with Gasteiger partial charge in [0.15, 0.2) is 0 Å². The van der Waals surface area contributed by atoms with Crippen molar-refractivity contribution in [2.24, 2.45) is 5.92 Å². The summed E-state index contributed by atoms with van der Waals surface area (Å²) in [6, 6.07) is 0.00903. The summed E-state index contributed by atoms with van der Waals surface area (Å²) in [6.45, 7) is 0. The highest BCUT2D eigenvalue weighted by Gasteiger charge is 2.33. The fourth-order valence-corrected chi connectivity index (χ4v) is 3.43. The number of rotatable bonds is 3. The minimum absolute atomic E-state index is 0.00903. The number of aromatic nitrogens is 2. The Morgan fingerprint density at radius 2 is 2.00 bits per heavy atom. The monoisotopic (exact) mass is 275 g/mol. The van der Waals surface area contributed by atoms with Crippen molar-refractivity contribution in [2.75, 3.05) is 5.32 Å². The fourth-order valence-electron chi connectivity index (χ4n) is 3.43. The second-order valence-electron chi connectivity index (χ2n) is 5.83. The molecule has 108 valence electrons. The van der Waals surface area contributed by atoms with Gasteiger partial charge in [0.2, 0.25) is 0 Å². The number of hydrogen-bond acceptors (Lipinski definition) is 4. The van der Waals surface area contributed by atoms with Gasteiger partial charge >= 0.3 is 5.97 Å². The Morgan fingerprint density at radius 1 is 1.15 bits per heavy atom. The van der Waals surface area contributed by atoms with Crippen molar-refractivity contribution in [1.82, 2.24) is 9.97 Å². The molecule has 2 unspecified atom stereocenters. The zero-order valence-electron chi connectivity index (χ0n) is 11.6. The minimum atomic E-state index is -0.694. The lowest BCUT2D eigenvalue weighted by Crippen LogP contribution is -2.30. The van der Waals surface area contributed by atoms with Crippen molar-refractivity contribution in [3.63, 3.8) is 0 Å². The van der Waals surface area contributed by atoms with Crippen molar-refractivity contribution in [1.29, 1.82) is 0 Å². The highest BCUT2D eigenvalue weighted by molar-refractivity contribution is 5.72. The highest BCUT2D eigenvalue weighted by atomic mass is 16.4. The summed E-state index contributed by atoms with van der Waals surface area (Å²) < 4.78 is 0. The van der Waals surface area contributed by atoms with Crippen LogP contribution < -0.4 is 5.32 Å². The van der Waals surface area contributed by atoms with E-state index in [1.54, 1.807) is 6.33 Å². The Bertz CT molecular complexity index is 504. The maximum atomic E-state index is 11.3. The van der Waals surface area contributed by atoms with Crippen LogP contribution >= 0.6 is 0 Å². The van der Waals surface area contributed by atoms with E-state index in [0.29, 0.717) is 0 Å². The van der Waals surface area contributed by atoms with Gasteiger partial charge < -0.3 is 10.4 Å². The SMILES string of the molecule is O=C(O)C1CCCC1Nc1ncnc2c1CCCCC2. The number of aliphatic carboxylic acids is 1. The van der Waals surface area contributed by atoms with E-state index in [-0.39, 0.29) is 12.0 Å². The first-order chi connectivity index (χ1) is 9.75. The zero-order chi connectivity index (χ0) is 13.9. The Balaban J connectivity index is 1.82. The lowest BCUT2D eigenvalue weighted by Gasteiger charge is -2.20. The summed E-state index contributed by atoms with van der Waals surface area (Å²) in [5.74, 6) is -0.110. The number of carbonyl (C=O) groups is 1. The summed E-state index contributed by atoms with van der Waals surface area (Å²) in [7, 11) is 0. The van der Waals surface area contributed by atoms with Crippen molar-refractivity contribution in [3.8, 4) is 0 Å². The molecule has 1 saturated carbocycles. The quantitative estimate of drug-likeness (QED) is 0.829. The van der Waals surface area contributed by atoms with Crippen molar-refractivity contribution in [3.05, 3.63) is 17.6 Å². The van der Waals surface area contributed by atoms with Gasteiger partial charge in [-0.2, -0.15) is 0 Å². The van der Waals surface area contributed by atoms with E-state index >= 15 is 0 Å². The number of fused-ring (bicyclic) bond motifs is 1. The molecule has 0 aromatic carbocycles. The lowest BCUT2D eigenvalue weighted by atomic mass is 10.0. The first-order valence-electron chi connectivity index (χ1n) is 7.58. The molecule has 1 aromatic heterocycles. The Morgan fingerprint density at radius 3 is 2.85 bits per heavy atom. The number of carboxylic acid groups (broad SMARTS) is 1. The zero-order valence-corrected chi connectivity index (χ0v) is 11.6. The summed E-state index contributed by atoms with van der Waals surface area (Å²) in [6.07, 6.45) is 9.86. The number of aryl methyl sites for hydroxylation is 1. The molecule has 0 radical (unpaired) electrons. The van der Waals surface area contributed by atoms with Gasteiger partial charge in [0.25, 0.3) is 0 Å². The van der Waals surface area contributed by atoms with Crippen LogP contribution in [-0.2, 0) is 17.6 Å². The molecule has 1 fully saturated rings. The molecule has 20 heavy (non-hydrogen) atoms. The van der Waals surface area contributed by atoms with Gasteiger partial charge in [0.1, 0.15) is 12.1 Å². The molecule has 0 amide bonds. The van der Waals surface area contributed by atoms with Crippen LogP contribution in [0.3, 0.4) is 0 Å². The molecule has 0 spiro atoms. The molecule has 3 rings (SSSR count). The third kappa shape index (κ3) is 2.62. The summed E-state index contributed by atoms with van der Waals surface area (Å²) in [5.41, 5.74) is 2.35. The molecule has 1 aromatic rings. The lowest BCUT2D eigenvalue weighted by molar-refractivity contribution is -0.141. The maximum Gasteiger partial charge on any atom is 0.308 e. The van der Waals surface area contributed by atoms with E-state index < -0.39 is 5.97 Å². The number of hydrogen-bond donors (Lipinski definition) is 2. The van der Waals surface area contributed by atoms with E-state index in [1.807, 2.05) is 0 Å². The molecule has 2 aliphatic rings. The van der Waals surface area contributed by atoms with Crippen LogP contribution in [0.4, 0.5) is 5.82 Å². The van der Waals surface area contributed by atoms with Crippen LogP contribution in [0.2, 0.25) is 0 Å². The van der Waals surface area contributed by atoms with Gasteiger partial charge in [-0.05, 0) is 38.5 Å². The van der Waals surface area contributed by atoms with Crippen molar-refractivity contribution >= 4 is 11.8 Å². The molecular formula is C15H21N3O2. The molecular weight excluding hydrogens is 254 g/mol. The van der Waals surface area contributed by atoms with Crippen LogP contribution in [0.15, 0.2) is 6.33 Å². The second kappa shape index (κ2) is 5.77. The van der Waals surface area contributed by atoms with Crippen LogP contribution in [0.1, 0.15) is 49.8 Å². The van der Waals surface area contributed by atoms with E-state index in [2.05, 4.69) is 15.3 Å². The van der Waals surface area contributed by atoms with Crippen LogP contribution in [0.25, 0.3) is 0 Å². The Hall–Kier alpha value is -1.65. The topological polar surface area (TPSA) is 75.1 Å². The average molecular weight is 275 g/mol. The predicted molar refractivity (Wildman–Crippen MR) is 75.7 cm³/mol. The van der Waals surface area contributed by atoms with Crippen LogP contribution in [0, 0.1) is 5.92 Å². The molecule has 2 aliphatic carbocycles. The van der Waals surface area contributed by atoms with Crippen molar-refractivity contribution in [2.45, 2.75) is 57.4 Å². The summed E-state index contributed by atoms with van der Waals surface area (Å²) in [4.78, 5) is 20.1. The standard InChI is InChI=1S/C15H21N3O2/c19-15(20)11-6-4-8-13(11)18-14-10-5-2-1-3-7-12(10)16-9-17-14/h9,11,13H,1-8H2,(H,19,20)(H,16,17,18). The third-order valence-electron chi connectivity index (χ3n) is 4.53. The highest BCUT2D eigenvalue weighted by Crippen LogP contribution is 2.31. The number of nitrogens with one attached hydrogen (secondary N) is 1. The van der Waals surface area contributed by atoms with Gasteiger partial charge in [-0.25, -0.2) is 9.97 Å². The van der Waals surface area contributed by atoms with E-state index in [9.17, 15) is 9.90 Å². The molecule has 0 aliphatic heterocycles. The minimum Gasteiger partial charge on any atom is -0.481 e. The smallest absolute Gasteiger partial charge is 0.308 e. The Kier molecular flexibility index (Phi) is 3.85. The molecule has 0 saturated heterocycles. The van der Waals surface area contributed by atoms with E-state index in [4.69, 9.17) is 0 Å². The van der Waals surface area contributed by atoms with Crippen molar-refractivity contribution < 1.29 is 9.90 Å². The average Bonchev–Trinajstić information content (AvgIpc) is 2.75. The molecule has 5 heteroatoms.